The average Bonchev–Trinajstić information content (AvgIpc) is 3.31. The quantitative estimate of drug-likeness (QED) is 0.532. The first-order chi connectivity index (χ1) is 13.3. The van der Waals surface area contributed by atoms with Crippen molar-refractivity contribution in [2.24, 2.45) is 0 Å². The van der Waals surface area contributed by atoms with E-state index in [1.54, 1.807) is 12.3 Å². The monoisotopic (exact) mass is 421 g/mol. The summed E-state index contributed by atoms with van der Waals surface area (Å²) in [7, 11) is -3.53. The lowest BCUT2D eigenvalue weighted by Crippen LogP contribution is -2.13. The zero-order valence-electron chi connectivity index (χ0n) is 16.2. The summed E-state index contributed by atoms with van der Waals surface area (Å²) in [6.07, 6.45) is 0. The number of aromatic nitrogens is 3. The van der Waals surface area contributed by atoms with Crippen molar-refractivity contribution in [1.29, 1.82) is 0 Å². The Morgan fingerprint density at radius 3 is 2.46 bits per heavy atom. The Morgan fingerprint density at radius 1 is 1.14 bits per heavy atom. The molecular formula is C19H23N3O4S2. The molecule has 0 radical (unpaired) electrons. The van der Waals surface area contributed by atoms with Gasteiger partial charge in [-0.05, 0) is 38.1 Å². The van der Waals surface area contributed by atoms with Crippen molar-refractivity contribution in [2.45, 2.75) is 44.6 Å². The van der Waals surface area contributed by atoms with E-state index in [-0.39, 0.29) is 17.6 Å². The van der Waals surface area contributed by atoms with E-state index in [4.69, 9.17) is 9.26 Å². The average molecular weight is 422 g/mol. The highest BCUT2D eigenvalue weighted by Gasteiger charge is 2.29. The van der Waals surface area contributed by atoms with Gasteiger partial charge in [0.2, 0.25) is 5.89 Å². The first kappa shape index (κ1) is 20.5. The van der Waals surface area contributed by atoms with Gasteiger partial charge in [-0.3, -0.25) is 0 Å². The molecule has 0 saturated heterocycles. The molecule has 2 heterocycles. The van der Waals surface area contributed by atoms with Gasteiger partial charge in [-0.25, -0.2) is 13.4 Å². The molecule has 0 bridgehead atoms. The Hall–Kier alpha value is -2.26. The third-order valence-corrected chi connectivity index (χ3v) is 7.09. The Kier molecular flexibility index (Phi) is 6.14. The smallest absolute Gasteiger partial charge is 0.244 e. The Labute approximate surface area is 168 Å². The third kappa shape index (κ3) is 4.59. The van der Waals surface area contributed by atoms with Crippen LogP contribution in [-0.4, -0.2) is 30.1 Å². The van der Waals surface area contributed by atoms with Gasteiger partial charge < -0.3 is 9.26 Å². The van der Waals surface area contributed by atoms with E-state index in [9.17, 15) is 8.42 Å². The van der Waals surface area contributed by atoms with Crippen molar-refractivity contribution >= 4 is 21.2 Å². The van der Waals surface area contributed by atoms with Crippen molar-refractivity contribution in [2.75, 3.05) is 6.61 Å². The number of ether oxygens (including phenoxy) is 1. The molecule has 0 saturated carbocycles. The van der Waals surface area contributed by atoms with Gasteiger partial charge in [0, 0.05) is 16.9 Å². The number of thiazole rings is 1. The predicted molar refractivity (Wildman–Crippen MR) is 108 cm³/mol. The van der Waals surface area contributed by atoms with Gasteiger partial charge in [0.25, 0.3) is 0 Å². The van der Waals surface area contributed by atoms with Crippen LogP contribution in [0.2, 0.25) is 0 Å². The molecule has 0 aliphatic heterocycles. The summed E-state index contributed by atoms with van der Waals surface area (Å²) in [4.78, 5) is 8.69. The van der Waals surface area contributed by atoms with E-state index >= 15 is 0 Å². The lowest BCUT2D eigenvalue weighted by atomic mass is 10.2. The Balaban J connectivity index is 1.74. The number of nitrogens with zero attached hydrogens (tertiary/aromatic N) is 3. The van der Waals surface area contributed by atoms with E-state index in [0.29, 0.717) is 18.1 Å². The van der Waals surface area contributed by atoms with Crippen molar-refractivity contribution in [1.82, 2.24) is 15.1 Å². The first-order valence-electron chi connectivity index (χ1n) is 9.03. The fourth-order valence-corrected chi connectivity index (χ4v) is 4.64. The van der Waals surface area contributed by atoms with Crippen molar-refractivity contribution < 1.29 is 17.7 Å². The minimum Gasteiger partial charge on any atom is -0.494 e. The van der Waals surface area contributed by atoms with Gasteiger partial charge in [0.15, 0.2) is 15.7 Å². The molecule has 2 aromatic heterocycles. The van der Waals surface area contributed by atoms with Crippen LogP contribution >= 0.6 is 11.3 Å². The summed E-state index contributed by atoms with van der Waals surface area (Å²) in [5.41, 5.74) is 1.42. The van der Waals surface area contributed by atoms with Crippen molar-refractivity contribution in [3.63, 3.8) is 0 Å². The molecule has 0 spiro atoms. The molecule has 0 amide bonds. The largest absolute Gasteiger partial charge is 0.494 e. The van der Waals surface area contributed by atoms with Crippen LogP contribution in [0.5, 0.6) is 5.75 Å². The topological polar surface area (TPSA) is 95.2 Å². The van der Waals surface area contributed by atoms with Crippen LogP contribution in [0.15, 0.2) is 34.2 Å². The molecule has 1 aromatic carbocycles. The lowest BCUT2D eigenvalue weighted by Gasteiger charge is -2.07. The van der Waals surface area contributed by atoms with Gasteiger partial charge in [-0.15, -0.1) is 11.3 Å². The predicted octanol–water partition coefficient (Wildman–Crippen LogP) is 4.39. The van der Waals surface area contributed by atoms with Crippen LogP contribution in [0.4, 0.5) is 0 Å². The zero-order chi connectivity index (χ0) is 20.3. The number of hydrogen-bond acceptors (Lipinski definition) is 8. The minimum absolute atomic E-state index is 0.0719. The van der Waals surface area contributed by atoms with Crippen LogP contribution in [0, 0.1) is 0 Å². The second-order valence-electron chi connectivity index (χ2n) is 6.70. The SMILES string of the molecule is CCOc1ccc(-c2nc(CS(=O)(=O)C(C)c3nc(C(C)C)no3)cs2)cc1. The normalized spacial score (nSPS) is 13.0. The molecule has 7 nitrogen and oxygen atoms in total. The van der Waals surface area contributed by atoms with Gasteiger partial charge in [0.05, 0.1) is 18.1 Å². The van der Waals surface area contributed by atoms with E-state index in [2.05, 4.69) is 15.1 Å². The maximum absolute atomic E-state index is 12.8. The van der Waals surface area contributed by atoms with Crippen LogP contribution < -0.4 is 4.74 Å². The zero-order valence-corrected chi connectivity index (χ0v) is 17.9. The Bertz CT molecular complexity index is 1020. The molecule has 0 aliphatic carbocycles. The summed E-state index contributed by atoms with van der Waals surface area (Å²) in [5.74, 6) is 1.30. The summed E-state index contributed by atoms with van der Waals surface area (Å²) in [6.45, 7) is 7.94. The van der Waals surface area contributed by atoms with Gasteiger partial charge in [-0.1, -0.05) is 19.0 Å². The molecule has 1 unspecified atom stereocenters. The lowest BCUT2D eigenvalue weighted by molar-refractivity contribution is 0.340. The summed E-state index contributed by atoms with van der Waals surface area (Å²) in [5, 5.41) is 5.49. The fourth-order valence-electron chi connectivity index (χ4n) is 2.50. The fraction of sp³-hybridized carbons (Fsp3) is 0.421. The molecule has 1 atom stereocenters. The van der Waals surface area contributed by atoms with Crippen LogP contribution in [-0.2, 0) is 15.6 Å². The van der Waals surface area contributed by atoms with Gasteiger partial charge >= 0.3 is 0 Å². The molecular weight excluding hydrogens is 398 g/mol. The molecule has 0 fully saturated rings. The van der Waals surface area contributed by atoms with Crippen LogP contribution in [0.1, 0.15) is 56.3 Å². The van der Waals surface area contributed by atoms with E-state index in [0.717, 1.165) is 16.3 Å². The minimum atomic E-state index is -3.53. The summed E-state index contributed by atoms with van der Waals surface area (Å²) in [6, 6.07) is 7.58. The summed E-state index contributed by atoms with van der Waals surface area (Å²) < 4.78 is 36.1. The number of hydrogen-bond donors (Lipinski definition) is 0. The van der Waals surface area contributed by atoms with Crippen LogP contribution in [0.25, 0.3) is 10.6 Å². The maximum atomic E-state index is 12.8. The van der Waals surface area contributed by atoms with E-state index < -0.39 is 15.1 Å². The standard InChI is InChI=1S/C19H23N3O4S2/c1-5-25-16-8-6-14(7-9-16)19-20-15(10-27-19)11-28(23,24)13(4)18-21-17(12(2)3)22-26-18/h6-10,12-13H,5,11H2,1-4H3. The molecule has 9 heteroatoms. The van der Waals surface area contributed by atoms with Crippen LogP contribution in [0.3, 0.4) is 0 Å². The molecule has 28 heavy (non-hydrogen) atoms. The number of rotatable bonds is 8. The second kappa shape index (κ2) is 8.40. The maximum Gasteiger partial charge on any atom is 0.244 e. The highest BCUT2D eigenvalue weighted by atomic mass is 32.2. The van der Waals surface area contributed by atoms with E-state index in [1.807, 2.05) is 45.0 Å². The molecule has 3 aromatic rings. The van der Waals surface area contributed by atoms with E-state index in [1.165, 1.54) is 11.3 Å². The highest BCUT2D eigenvalue weighted by Crippen LogP contribution is 2.29. The van der Waals surface area contributed by atoms with Crippen molar-refractivity contribution in [3.8, 4) is 16.3 Å². The third-order valence-electron chi connectivity index (χ3n) is 4.17. The van der Waals surface area contributed by atoms with Gasteiger partial charge in [0.1, 0.15) is 16.0 Å². The second-order valence-corrected chi connectivity index (χ2v) is 9.88. The molecule has 0 N–H and O–H groups in total. The first-order valence-corrected chi connectivity index (χ1v) is 11.6. The van der Waals surface area contributed by atoms with Crippen molar-refractivity contribution in [3.05, 3.63) is 47.1 Å². The number of benzene rings is 1. The summed E-state index contributed by atoms with van der Waals surface area (Å²) >= 11 is 1.41. The molecule has 150 valence electrons. The Morgan fingerprint density at radius 2 is 1.86 bits per heavy atom. The molecule has 3 rings (SSSR count). The van der Waals surface area contributed by atoms with Gasteiger partial charge in [-0.2, -0.15) is 4.98 Å². The molecule has 0 aliphatic rings. The highest BCUT2D eigenvalue weighted by molar-refractivity contribution is 7.90. The number of sulfone groups is 1.